The lowest BCUT2D eigenvalue weighted by molar-refractivity contribution is 0.0610. The molecule has 1 aliphatic rings. The molecule has 0 saturated heterocycles. The molecule has 0 radical (unpaired) electrons. The number of hydrogen-bond acceptors (Lipinski definition) is 7. The Balaban J connectivity index is 1.09. The molecule has 2 amide bonds. The van der Waals surface area contributed by atoms with Crippen LogP contribution in [-0.2, 0) is 0 Å². The molecule has 1 aromatic heterocycles. The van der Waals surface area contributed by atoms with Crippen molar-refractivity contribution in [3.05, 3.63) is 96.1 Å². The third-order valence-electron chi connectivity index (χ3n) is 6.92. The molecule has 2 heterocycles. The Hall–Kier alpha value is -4.98. The summed E-state index contributed by atoms with van der Waals surface area (Å²) in [5, 5.41) is 13.3. The van der Waals surface area contributed by atoms with Crippen LogP contribution in [0.15, 0.2) is 89.3 Å². The average molecular weight is 518 g/mol. The first-order valence-electron chi connectivity index (χ1n) is 12.8. The minimum absolute atomic E-state index is 0.243. The predicted octanol–water partition coefficient (Wildman–Crippen LogP) is 5.72. The molecule has 0 atom stereocenters. The van der Waals surface area contributed by atoms with Crippen molar-refractivity contribution in [2.45, 2.75) is 6.42 Å². The van der Waals surface area contributed by atoms with E-state index in [0.717, 1.165) is 33.3 Å². The number of rotatable bonds is 8. The van der Waals surface area contributed by atoms with Gasteiger partial charge in [0.1, 0.15) is 0 Å². The van der Waals surface area contributed by atoms with Gasteiger partial charge in [-0.3, -0.25) is 14.5 Å². The van der Waals surface area contributed by atoms with Gasteiger partial charge < -0.3 is 14.6 Å². The van der Waals surface area contributed by atoms with Gasteiger partial charge in [0.05, 0.1) is 0 Å². The van der Waals surface area contributed by atoms with Gasteiger partial charge in [-0.1, -0.05) is 30.3 Å². The van der Waals surface area contributed by atoms with E-state index in [-0.39, 0.29) is 11.8 Å². The number of amides is 2. The molecule has 1 N–H and O–H groups in total. The van der Waals surface area contributed by atoms with Crippen LogP contribution < -0.4 is 10.2 Å². The first-order chi connectivity index (χ1) is 19.0. The van der Waals surface area contributed by atoms with Crippen molar-refractivity contribution in [3.63, 3.8) is 0 Å². The Kier molecular flexibility index (Phi) is 6.28. The SMILES string of the molecule is CN(C)c1ccc2c3c(cccc13)C(=O)N(CCCNc1ccc(-c3nnc(-c4ccccc4)o3)cc1)C2=O. The summed E-state index contributed by atoms with van der Waals surface area (Å²) in [7, 11) is 3.91. The topological polar surface area (TPSA) is 91.6 Å². The van der Waals surface area contributed by atoms with E-state index in [1.807, 2.05) is 97.9 Å². The maximum absolute atomic E-state index is 13.3. The summed E-state index contributed by atoms with van der Waals surface area (Å²) < 4.78 is 5.83. The van der Waals surface area contributed by atoms with Crippen molar-refractivity contribution >= 4 is 34.0 Å². The Morgan fingerprint density at radius 3 is 2.13 bits per heavy atom. The molecule has 0 aliphatic carbocycles. The van der Waals surface area contributed by atoms with Gasteiger partial charge in [0, 0.05) is 71.6 Å². The van der Waals surface area contributed by atoms with Crippen LogP contribution in [0.2, 0.25) is 0 Å². The monoisotopic (exact) mass is 517 g/mol. The Morgan fingerprint density at radius 1 is 0.769 bits per heavy atom. The first kappa shape index (κ1) is 24.4. The highest BCUT2D eigenvalue weighted by atomic mass is 16.4. The zero-order valence-electron chi connectivity index (χ0n) is 21.7. The predicted molar refractivity (Wildman–Crippen MR) is 152 cm³/mol. The van der Waals surface area contributed by atoms with Gasteiger partial charge in [-0.15, -0.1) is 10.2 Å². The smallest absolute Gasteiger partial charge is 0.261 e. The van der Waals surface area contributed by atoms with Gasteiger partial charge in [-0.25, -0.2) is 0 Å². The number of benzene rings is 4. The molecule has 0 fully saturated rings. The van der Waals surface area contributed by atoms with Crippen molar-refractivity contribution in [3.8, 4) is 22.9 Å². The molecular weight excluding hydrogens is 490 g/mol. The fourth-order valence-electron chi connectivity index (χ4n) is 4.96. The molecule has 0 unspecified atom stereocenters. The van der Waals surface area contributed by atoms with Crippen molar-refractivity contribution in [1.82, 2.24) is 15.1 Å². The summed E-state index contributed by atoms with van der Waals surface area (Å²) in [6.07, 6.45) is 0.615. The summed E-state index contributed by atoms with van der Waals surface area (Å²) in [4.78, 5) is 29.9. The summed E-state index contributed by atoms with van der Waals surface area (Å²) >= 11 is 0. The van der Waals surface area contributed by atoms with Gasteiger partial charge in [0.15, 0.2) is 0 Å². The Bertz CT molecular complexity index is 1650. The van der Waals surface area contributed by atoms with Crippen LogP contribution in [0.1, 0.15) is 27.1 Å². The second-order valence-corrected chi connectivity index (χ2v) is 9.65. The molecular formula is C31H27N5O3. The number of hydrogen-bond donors (Lipinski definition) is 1. The molecule has 8 nitrogen and oxygen atoms in total. The van der Waals surface area contributed by atoms with Crippen LogP contribution in [0.3, 0.4) is 0 Å². The molecule has 194 valence electrons. The van der Waals surface area contributed by atoms with E-state index < -0.39 is 0 Å². The molecule has 5 aromatic rings. The minimum atomic E-state index is -0.243. The molecule has 6 rings (SSSR count). The van der Waals surface area contributed by atoms with Gasteiger partial charge in [0.2, 0.25) is 11.8 Å². The quantitative estimate of drug-likeness (QED) is 0.208. The summed E-state index contributed by atoms with van der Waals surface area (Å²) in [5.41, 5.74) is 4.75. The molecule has 0 spiro atoms. The fraction of sp³-hybridized carbons (Fsp3) is 0.161. The van der Waals surface area contributed by atoms with Gasteiger partial charge in [-0.05, 0) is 61.0 Å². The number of carbonyl (C=O) groups is 2. The lowest BCUT2D eigenvalue weighted by Gasteiger charge is -2.28. The number of nitrogens with zero attached hydrogens (tertiary/aromatic N) is 4. The summed E-state index contributed by atoms with van der Waals surface area (Å²) in [6, 6.07) is 26.8. The molecule has 8 heteroatoms. The first-order valence-corrected chi connectivity index (χ1v) is 12.8. The number of aromatic nitrogens is 2. The van der Waals surface area contributed by atoms with Gasteiger partial charge in [0.25, 0.3) is 11.8 Å². The molecule has 0 bridgehead atoms. The maximum atomic E-state index is 13.3. The minimum Gasteiger partial charge on any atom is -0.416 e. The van der Waals surface area contributed by atoms with E-state index in [2.05, 4.69) is 15.5 Å². The average Bonchev–Trinajstić information content (AvgIpc) is 3.46. The van der Waals surface area contributed by atoms with Crippen molar-refractivity contribution in [2.75, 3.05) is 37.4 Å². The van der Waals surface area contributed by atoms with E-state index in [0.29, 0.717) is 42.4 Å². The lowest BCUT2D eigenvalue weighted by atomic mass is 9.92. The zero-order valence-corrected chi connectivity index (χ0v) is 21.7. The highest BCUT2D eigenvalue weighted by Crippen LogP contribution is 2.35. The third-order valence-corrected chi connectivity index (χ3v) is 6.92. The zero-order chi connectivity index (χ0) is 26.9. The van der Waals surface area contributed by atoms with E-state index in [1.54, 1.807) is 6.07 Å². The molecule has 4 aromatic carbocycles. The second-order valence-electron chi connectivity index (χ2n) is 9.65. The maximum Gasteiger partial charge on any atom is 0.261 e. The third kappa shape index (κ3) is 4.50. The highest BCUT2D eigenvalue weighted by Gasteiger charge is 2.33. The van der Waals surface area contributed by atoms with E-state index in [9.17, 15) is 9.59 Å². The van der Waals surface area contributed by atoms with Crippen LogP contribution >= 0.6 is 0 Å². The van der Waals surface area contributed by atoms with Crippen LogP contribution in [0.5, 0.6) is 0 Å². The summed E-state index contributed by atoms with van der Waals surface area (Å²) in [6.45, 7) is 0.935. The Morgan fingerprint density at radius 2 is 1.44 bits per heavy atom. The lowest BCUT2D eigenvalue weighted by Crippen LogP contribution is -2.41. The van der Waals surface area contributed by atoms with Gasteiger partial charge >= 0.3 is 0 Å². The number of nitrogens with one attached hydrogen (secondary N) is 1. The van der Waals surface area contributed by atoms with Crippen LogP contribution in [-0.4, -0.2) is 54.1 Å². The number of carbonyl (C=O) groups excluding carboxylic acids is 2. The van der Waals surface area contributed by atoms with E-state index >= 15 is 0 Å². The van der Waals surface area contributed by atoms with Crippen molar-refractivity contribution in [2.24, 2.45) is 0 Å². The normalized spacial score (nSPS) is 12.7. The standard InChI is InChI=1S/C31H27N5O3/c1-35(2)26-17-16-25-27-23(26)10-6-11-24(27)30(37)36(31(25)38)19-7-18-32-22-14-12-21(13-15-22)29-34-33-28(39-29)20-8-4-3-5-9-20/h3-6,8-17,32H,7,18-19H2,1-2H3. The number of imide groups is 1. The largest absolute Gasteiger partial charge is 0.416 e. The molecule has 39 heavy (non-hydrogen) atoms. The Labute approximate surface area is 225 Å². The van der Waals surface area contributed by atoms with E-state index in [4.69, 9.17) is 4.42 Å². The van der Waals surface area contributed by atoms with Crippen molar-refractivity contribution in [1.29, 1.82) is 0 Å². The number of anilines is 2. The highest BCUT2D eigenvalue weighted by molar-refractivity contribution is 6.26. The van der Waals surface area contributed by atoms with E-state index in [1.165, 1.54) is 4.90 Å². The fourth-order valence-corrected chi connectivity index (χ4v) is 4.96. The van der Waals surface area contributed by atoms with Crippen LogP contribution in [0.25, 0.3) is 33.7 Å². The van der Waals surface area contributed by atoms with Crippen LogP contribution in [0.4, 0.5) is 11.4 Å². The molecule has 0 saturated carbocycles. The van der Waals surface area contributed by atoms with Gasteiger partial charge in [-0.2, -0.15) is 0 Å². The second kappa shape index (κ2) is 10.1. The van der Waals surface area contributed by atoms with Crippen molar-refractivity contribution < 1.29 is 14.0 Å². The van der Waals surface area contributed by atoms with Crippen LogP contribution in [0, 0.1) is 0 Å². The summed E-state index contributed by atoms with van der Waals surface area (Å²) in [5.74, 6) is 0.447. The molecule has 1 aliphatic heterocycles.